The van der Waals surface area contributed by atoms with Crippen molar-refractivity contribution in [2.24, 2.45) is 0 Å². The van der Waals surface area contributed by atoms with E-state index in [1.165, 1.54) is 4.90 Å². The molecule has 5 heteroatoms. The van der Waals surface area contributed by atoms with Gasteiger partial charge in [0.1, 0.15) is 11.4 Å². The Hall–Kier alpha value is -1.78. The smallest absolute Gasteiger partial charge is 0.410 e. The van der Waals surface area contributed by atoms with Crippen molar-refractivity contribution in [3.63, 3.8) is 0 Å². The van der Waals surface area contributed by atoms with Crippen LogP contribution in [-0.4, -0.2) is 28.6 Å². The van der Waals surface area contributed by atoms with E-state index in [4.69, 9.17) is 10.5 Å². The van der Waals surface area contributed by atoms with Crippen molar-refractivity contribution in [1.29, 1.82) is 0 Å². The first-order valence-corrected chi connectivity index (χ1v) is 5.43. The highest BCUT2D eigenvalue weighted by Crippen LogP contribution is 2.13. The van der Waals surface area contributed by atoms with Gasteiger partial charge in [-0.3, -0.25) is 0 Å². The first-order valence-electron chi connectivity index (χ1n) is 5.43. The number of hydrogen-bond donors (Lipinski definition) is 1. The fourth-order valence-electron chi connectivity index (χ4n) is 1.24. The molecule has 94 valence electrons. The van der Waals surface area contributed by atoms with Crippen LogP contribution in [0.4, 0.5) is 10.6 Å². The summed E-state index contributed by atoms with van der Waals surface area (Å²) in [6.07, 6.45) is 1.24. The van der Waals surface area contributed by atoms with Gasteiger partial charge in [-0.15, -0.1) is 0 Å². The van der Waals surface area contributed by atoms with Crippen molar-refractivity contribution < 1.29 is 9.53 Å². The number of hydrogen-bond acceptors (Lipinski definition) is 4. The SMILES string of the molecule is CN(Cc1cccnc1N)C(=O)OC(C)(C)C. The lowest BCUT2D eigenvalue weighted by molar-refractivity contribution is 0.0285. The molecule has 1 aromatic heterocycles. The van der Waals surface area contributed by atoms with E-state index in [0.717, 1.165) is 5.56 Å². The molecule has 0 radical (unpaired) electrons. The Morgan fingerprint density at radius 3 is 2.71 bits per heavy atom. The van der Waals surface area contributed by atoms with Crippen molar-refractivity contribution in [1.82, 2.24) is 9.88 Å². The lowest BCUT2D eigenvalue weighted by atomic mass is 10.2. The van der Waals surface area contributed by atoms with Crippen LogP contribution in [0.3, 0.4) is 0 Å². The maximum Gasteiger partial charge on any atom is 0.410 e. The van der Waals surface area contributed by atoms with Crippen molar-refractivity contribution in [3.8, 4) is 0 Å². The number of nitrogens with zero attached hydrogens (tertiary/aromatic N) is 2. The molecule has 0 spiro atoms. The maximum atomic E-state index is 11.7. The Labute approximate surface area is 102 Å². The average molecular weight is 237 g/mol. The lowest BCUT2D eigenvalue weighted by Crippen LogP contribution is -2.34. The standard InChI is InChI=1S/C12H19N3O2/c1-12(2,3)17-11(16)15(4)8-9-6-5-7-14-10(9)13/h5-7H,8H2,1-4H3,(H2,13,14). The molecular weight excluding hydrogens is 218 g/mol. The van der Waals surface area contributed by atoms with Gasteiger partial charge in [-0.1, -0.05) is 6.07 Å². The van der Waals surface area contributed by atoms with Gasteiger partial charge in [0.05, 0.1) is 6.54 Å². The van der Waals surface area contributed by atoms with Gasteiger partial charge in [0, 0.05) is 18.8 Å². The van der Waals surface area contributed by atoms with Gasteiger partial charge in [-0.25, -0.2) is 9.78 Å². The van der Waals surface area contributed by atoms with E-state index in [-0.39, 0.29) is 6.09 Å². The number of pyridine rings is 1. The quantitative estimate of drug-likeness (QED) is 0.854. The number of carbonyl (C=O) groups is 1. The summed E-state index contributed by atoms with van der Waals surface area (Å²) in [4.78, 5) is 17.2. The highest BCUT2D eigenvalue weighted by Gasteiger charge is 2.20. The molecule has 0 saturated carbocycles. The first kappa shape index (κ1) is 13.3. The topological polar surface area (TPSA) is 68.5 Å². The van der Waals surface area contributed by atoms with Crippen LogP contribution in [-0.2, 0) is 11.3 Å². The molecule has 0 aliphatic carbocycles. The van der Waals surface area contributed by atoms with Crippen LogP contribution in [0.15, 0.2) is 18.3 Å². The first-order chi connectivity index (χ1) is 7.79. The molecule has 1 rings (SSSR count). The zero-order valence-corrected chi connectivity index (χ0v) is 10.7. The summed E-state index contributed by atoms with van der Waals surface area (Å²) >= 11 is 0. The molecule has 1 amide bonds. The van der Waals surface area contributed by atoms with E-state index in [9.17, 15) is 4.79 Å². The zero-order valence-electron chi connectivity index (χ0n) is 10.7. The Morgan fingerprint density at radius 2 is 2.18 bits per heavy atom. The molecule has 17 heavy (non-hydrogen) atoms. The van der Waals surface area contributed by atoms with Crippen LogP contribution in [0.1, 0.15) is 26.3 Å². The lowest BCUT2D eigenvalue weighted by Gasteiger charge is -2.24. The molecule has 2 N–H and O–H groups in total. The van der Waals surface area contributed by atoms with Crippen molar-refractivity contribution in [2.75, 3.05) is 12.8 Å². The monoisotopic (exact) mass is 237 g/mol. The molecule has 0 aromatic carbocycles. The Morgan fingerprint density at radius 1 is 1.53 bits per heavy atom. The minimum absolute atomic E-state index is 0.374. The maximum absolute atomic E-state index is 11.7. The normalized spacial score (nSPS) is 11.1. The van der Waals surface area contributed by atoms with Gasteiger partial charge in [-0.2, -0.15) is 0 Å². The second kappa shape index (κ2) is 5.03. The van der Waals surface area contributed by atoms with Gasteiger partial charge >= 0.3 is 6.09 Å². The molecule has 0 aliphatic rings. The summed E-state index contributed by atoms with van der Waals surface area (Å²) in [6, 6.07) is 3.62. The number of nitrogen functional groups attached to an aromatic ring is 1. The molecule has 0 unspecified atom stereocenters. The van der Waals surface area contributed by atoms with Gasteiger partial charge < -0.3 is 15.4 Å². The summed E-state index contributed by atoms with van der Waals surface area (Å²) in [5.74, 6) is 0.433. The number of nitrogens with two attached hydrogens (primary N) is 1. The molecule has 0 atom stereocenters. The number of carbonyl (C=O) groups excluding carboxylic acids is 1. The second-order valence-corrected chi connectivity index (χ2v) is 4.88. The van der Waals surface area contributed by atoms with E-state index in [1.807, 2.05) is 26.8 Å². The molecule has 0 saturated heterocycles. The predicted octanol–water partition coefficient (Wildman–Crippen LogP) is 2.03. The minimum Gasteiger partial charge on any atom is -0.444 e. The molecule has 0 aliphatic heterocycles. The summed E-state index contributed by atoms with van der Waals surface area (Å²) in [5, 5.41) is 0. The predicted molar refractivity (Wildman–Crippen MR) is 66.4 cm³/mol. The molecule has 0 bridgehead atoms. The highest BCUT2D eigenvalue weighted by molar-refractivity contribution is 5.68. The number of anilines is 1. The van der Waals surface area contributed by atoms with Crippen LogP contribution >= 0.6 is 0 Å². The largest absolute Gasteiger partial charge is 0.444 e. The Kier molecular flexibility index (Phi) is 3.93. The van der Waals surface area contributed by atoms with Crippen molar-refractivity contribution in [3.05, 3.63) is 23.9 Å². The Balaban J connectivity index is 2.64. The number of aromatic nitrogens is 1. The molecule has 1 aromatic rings. The van der Waals surface area contributed by atoms with Crippen LogP contribution in [0.2, 0.25) is 0 Å². The molecular formula is C12H19N3O2. The van der Waals surface area contributed by atoms with E-state index in [1.54, 1.807) is 19.3 Å². The number of rotatable bonds is 2. The molecule has 5 nitrogen and oxygen atoms in total. The zero-order chi connectivity index (χ0) is 13.1. The van der Waals surface area contributed by atoms with E-state index >= 15 is 0 Å². The van der Waals surface area contributed by atoms with Gasteiger partial charge in [0.15, 0.2) is 0 Å². The average Bonchev–Trinajstić information content (AvgIpc) is 2.18. The van der Waals surface area contributed by atoms with Crippen LogP contribution < -0.4 is 5.73 Å². The fraction of sp³-hybridized carbons (Fsp3) is 0.500. The third kappa shape index (κ3) is 4.30. The second-order valence-electron chi connectivity index (χ2n) is 4.88. The van der Waals surface area contributed by atoms with Crippen molar-refractivity contribution >= 4 is 11.9 Å². The fourth-order valence-corrected chi connectivity index (χ4v) is 1.24. The van der Waals surface area contributed by atoms with E-state index < -0.39 is 5.60 Å². The van der Waals surface area contributed by atoms with Crippen LogP contribution in [0.25, 0.3) is 0 Å². The summed E-state index contributed by atoms with van der Waals surface area (Å²) in [7, 11) is 1.67. The number of ether oxygens (including phenoxy) is 1. The van der Waals surface area contributed by atoms with Gasteiger partial charge in [0.2, 0.25) is 0 Å². The van der Waals surface area contributed by atoms with Gasteiger partial charge in [0.25, 0.3) is 0 Å². The summed E-state index contributed by atoms with van der Waals surface area (Å²) in [5.41, 5.74) is 6.02. The minimum atomic E-state index is -0.494. The third-order valence-corrected chi connectivity index (χ3v) is 2.04. The third-order valence-electron chi connectivity index (χ3n) is 2.04. The number of amides is 1. The highest BCUT2D eigenvalue weighted by atomic mass is 16.6. The van der Waals surface area contributed by atoms with Crippen LogP contribution in [0.5, 0.6) is 0 Å². The van der Waals surface area contributed by atoms with Crippen molar-refractivity contribution in [2.45, 2.75) is 32.9 Å². The van der Waals surface area contributed by atoms with E-state index in [0.29, 0.717) is 12.4 Å². The summed E-state index contributed by atoms with van der Waals surface area (Å²) < 4.78 is 5.24. The Bertz CT molecular complexity index is 399. The molecule has 0 fully saturated rings. The van der Waals surface area contributed by atoms with E-state index in [2.05, 4.69) is 4.98 Å². The molecule has 1 heterocycles. The van der Waals surface area contributed by atoms with Gasteiger partial charge in [-0.05, 0) is 26.8 Å². The van der Waals surface area contributed by atoms with Crippen LogP contribution in [0, 0.1) is 0 Å². The summed E-state index contributed by atoms with van der Waals surface area (Å²) in [6.45, 7) is 5.88.